The molecule has 0 saturated carbocycles. The third-order valence-corrected chi connectivity index (χ3v) is 2.33. The zero-order valence-corrected chi connectivity index (χ0v) is 11.6. The number of ether oxygens (including phenoxy) is 1. The van der Waals surface area contributed by atoms with E-state index in [1.165, 1.54) is 12.1 Å². The fraction of sp³-hybridized carbons (Fsp3) is 0.385. The minimum absolute atomic E-state index is 0.101. The average Bonchev–Trinajstić information content (AvgIpc) is 2.28. The van der Waals surface area contributed by atoms with Gasteiger partial charge in [-0.2, -0.15) is 5.26 Å². The molecule has 0 aliphatic carbocycles. The Bertz CT molecular complexity index is 533. The lowest BCUT2D eigenvalue weighted by Gasteiger charge is -2.19. The molecule has 0 heterocycles. The number of carbonyl (C=O) groups excluding carboxylic acids is 1. The van der Waals surface area contributed by atoms with Crippen molar-refractivity contribution in [2.45, 2.75) is 32.9 Å². The van der Waals surface area contributed by atoms with Gasteiger partial charge in [-0.05, 0) is 32.9 Å². The Balaban J connectivity index is 2.76. The van der Waals surface area contributed by atoms with Crippen LogP contribution < -0.4 is 5.32 Å². The van der Waals surface area contributed by atoms with Gasteiger partial charge in [0, 0.05) is 12.1 Å². The number of amides is 1. The van der Waals surface area contributed by atoms with Crippen LogP contribution in [0.2, 0.25) is 5.02 Å². The second-order valence-electron chi connectivity index (χ2n) is 4.90. The van der Waals surface area contributed by atoms with Gasteiger partial charge in [-0.15, -0.1) is 0 Å². The van der Waals surface area contributed by atoms with Gasteiger partial charge in [0.15, 0.2) is 0 Å². The number of alkyl carbamates (subject to hydrolysis) is 1. The van der Waals surface area contributed by atoms with Gasteiger partial charge in [-0.25, -0.2) is 9.18 Å². The van der Waals surface area contributed by atoms with Gasteiger partial charge in [0.25, 0.3) is 0 Å². The summed E-state index contributed by atoms with van der Waals surface area (Å²) in [6.07, 6.45) is -0.662. The van der Waals surface area contributed by atoms with Crippen molar-refractivity contribution < 1.29 is 13.9 Å². The molecule has 19 heavy (non-hydrogen) atoms. The number of carbonyl (C=O) groups is 1. The molecule has 6 heteroatoms. The molecular formula is C13H14ClFN2O2. The summed E-state index contributed by atoms with van der Waals surface area (Å²) in [6, 6.07) is 4.43. The Morgan fingerprint density at radius 2 is 2.16 bits per heavy atom. The molecular weight excluding hydrogens is 271 g/mol. The first-order chi connectivity index (χ1) is 8.73. The summed E-state index contributed by atoms with van der Waals surface area (Å²) in [6.45, 7) is 5.07. The molecule has 0 saturated heterocycles. The predicted molar refractivity (Wildman–Crippen MR) is 69.2 cm³/mol. The Morgan fingerprint density at radius 3 is 2.68 bits per heavy atom. The van der Waals surface area contributed by atoms with Crippen LogP contribution in [0.3, 0.4) is 0 Å². The maximum atomic E-state index is 13.7. The maximum Gasteiger partial charge on any atom is 0.407 e. The molecule has 1 aromatic rings. The van der Waals surface area contributed by atoms with Gasteiger partial charge in [0.2, 0.25) is 0 Å². The van der Waals surface area contributed by atoms with E-state index in [1.807, 2.05) is 6.07 Å². The van der Waals surface area contributed by atoms with Crippen LogP contribution in [0.25, 0.3) is 0 Å². The monoisotopic (exact) mass is 284 g/mol. The van der Waals surface area contributed by atoms with Crippen LogP contribution in [0.4, 0.5) is 9.18 Å². The maximum absolute atomic E-state index is 13.7. The zero-order chi connectivity index (χ0) is 14.6. The van der Waals surface area contributed by atoms with Crippen molar-refractivity contribution in [3.05, 3.63) is 34.1 Å². The van der Waals surface area contributed by atoms with Gasteiger partial charge in [-0.1, -0.05) is 11.6 Å². The van der Waals surface area contributed by atoms with Gasteiger partial charge in [-0.3, -0.25) is 0 Å². The summed E-state index contributed by atoms with van der Waals surface area (Å²) < 4.78 is 18.7. The highest BCUT2D eigenvalue weighted by Gasteiger charge is 2.17. The topological polar surface area (TPSA) is 62.1 Å². The first-order valence-electron chi connectivity index (χ1n) is 5.58. The normalized spacial score (nSPS) is 10.7. The molecule has 0 atom stereocenters. The van der Waals surface area contributed by atoms with Gasteiger partial charge >= 0.3 is 6.09 Å². The number of hydrogen-bond donors (Lipinski definition) is 1. The lowest BCUT2D eigenvalue weighted by Crippen LogP contribution is -2.32. The molecule has 102 valence electrons. The third kappa shape index (κ3) is 4.76. The van der Waals surface area contributed by atoms with E-state index in [1.54, 1.807) is 20.8 Å². The van der Waals surface area contributed by atoms with E-state index in [9.17, 15) is 9.18 Å². The molecule has 0 aliphatic heterocycles. The van der Waals surface area contributed by atoms with Crippen molar-refractivity contribution in [3.8, 4) is 6.07 Å². The van der Waals surface area contributed by atoms with Crippen molar-refractivity contribution in [3.63, 3.8) is 0 Å². The second-order valence-corrected chi connectivity index (χ2v) is 5.31. The van der Waals surface area contributed by atoms with E-state index in [2.05, 4.69) is 5.32 Å². The summed E-state index contributed by atoms with van der Waals surface area (Å²) in [5, 5.41) is 11.0. The number of benzene rings is 1. The highest BCUT2D eigenvalue weighted by molar-refractivity contribution is 6.30. The van der Waals surface area contributed by atoms with Crippen molar-refractivity contribution in [1.29, 1.82) is 5.26 Å². The van der Waals surface area contributed by atoms with Crippen LogP contribution in [0, 0.1) is 17.1 Å². The Morgan fingerprint density at radius 1 is 1.53 bits per heavy atom. The van der Waals surface area contributed by atoms with Crippen LogP contribution in [-0.4, -0.2) is 11.7 Å². The number of halogens is 2. The lowest BCUT2D eigenvalue weighted by atomic mass is 10.1. The Labute approximate surface area is 116 Å². The van der Waals surface area contributed by atoms with E-state index in [0.717, 1.165) is 0 Å². The second kappa shape index (κ2) is 5.89. The molecule has 0 fully saturated rings. The summed E-state index contributed by atoms with van der Waals surface area (Å²) in [7, 11) is 0. The van der Waals surface area contributed by atoms with Crippen LogP contribution in [0.1, 0.15) is 31.9 Å². The van der Waals surface area contributed by atoms with E-state index in [4.69, 9.17) is 21.6 Å². The summed E-state index contributed by atoms with van der Waals surface area (Å²) >= 11 is 5.65. The minimum atomic E-state index is -0.662. The van der Waals surface area contributed by atoms with Crippen LogP contribution in [0.15, 0.2) is 12.1 Å². The van der Waals surface area contributed by atoms with Crippen LogP contribution in [-0.2, 0) is 11.3 Å². The van der Waals surface area contributed by atoms with E-state index in [0.29, 0.717) is 0 Å². The van der Waals surface area contributed by atoms with E-state index in [-0.39, 0.29) is 22.7 Å². The highest BCUT2D eigenvalue weighted by Crippen LogP contribution is 2.20. The highest BCUT2D eigenvalue weighted by atomic mass is 35.5. The number of nitriles is 1. The standard InChI is InChI=1S/C13H14ClFN2O2/c1-13(2,3)19-12(18)17-7-9-4-8(6-16)5-10(14)11(9)15/h4-5H,7H2,1-3H3,(H,17,18). The van der Waals surface area contributed by atoms with Gasteiger partial charge < -0.3 is 10.1 Å². The first-order valence-corrected chi connectivity index (χ1v) is 5.95. The van der Waals surface area contributed by atoms with Crippen molar-refractivity contribution in [2.24, 2.45) is 0 Å². The van der Waals surface area contributed by atoms with Gasteiger partial charge in [0.1, 0.15) is 11.4 Å². The zero-order valence-electron chi connectivity index (χ0n) is 10.9. The number of hydrogen-bond acceptors (Lipinski definition) is 3. The molecule has 0 unspecified atom stereocenters. The molecule has 1 amide bonds. The first kappa shape index (κ1) is 15.3. The number of nitrogens with one attached hydrogen (secondary N) is 1. The van der Waals surface area contributed by atoms with Crippen LogP contribution in [0.5, 0.6) is 0 Å². The molecule has 0 spiro atoms. The lowest BCUT2D eigenvalue weighted by molar-refractivity contribution is 0.0523. The molecule has 0 aromatic heterocycles. The minimum Gasteiger partial charge on any atom is -0.444 e. The average molecular weight is 285 g/mol. The molecule has 4 nitrogen and oxygen atoms in total. The molecule has 1 aromatic carbocycles. The molecule has 0 radical (unpaired) electrons. The van der Waals surface area contributed by atoms with Crippen LogP contribution >= 0.6 is 11.6 Å². The Hall–Kier alpha value is -1.80. The largest absolute Gasteiger partial charge is 0.444 e. The SMILES string of the molecule is CC(C)(C)OC(=O)NCc1cc(C#N)cc(Cl)c1F. The summed E-state index contributed by atoms with van der Waals surface area (Å²) in [4.78, 5) is 11.4. The number of rotatable bonds is 2. The Kier molecular flexibility index (Phi) is 4.73. The fourth-order valence-corrected chi connectivity index (χ4v) is 1.56. The van der Waals surface area contributed by atoms with Crippen molar-refractivity contribution in [1.82, 2.24) is 5.32 Å². The van der Waals surface area contributed by atoms with Crippen molar-refractivity contribution in [2.75, 3.05) is 0 Å². The molecule has 1 rings (SSSR count). The smallest absolute Gasteiger partial charge is 0.407 e. The predicted octanol–water partition coefficient (Wildman–Crippen LogP) is 3.38. The van der Waals surface area contributed by atoms with E-state index < -0.39 is 17.5 Å². The van der Waals surface area contributed by atoms with Gasteiger partial charge in [0.05, 0.1) is 16.7 Å². The van der Waals surface area contributed by atoms with E-state index >= 15 is 0 Å². The summed E-state index contributed by atoms with van der Waals surface area (Å²) in [5.74, 6) is -0.656. The summed E-state index contributed by atoms with van der Waals surface area (Å²) in [5.41, 5.74) is -0.267. The van der Waals surface area contributed by atoms with Crippen molar-refractivity contribution >= 4 is 17.7 Å². The quantitative estimate of drug-likeness (QED) is 0.905. The molecule has 1 N–H and O–H groups in total. The molecule has 0 bridgehead atoms. The molecule has 0 aliphatic rings. The third-order valence-electron chi connectivity index (χ3n) is 2.05. The number of nitrogens with zero attached hydrogens (tertiary/aromatic N) is 1. The fourth-order valence-electron chi connectivity index (χ4n) is 1.32.